The number of para-hydroxylation sites is 1. The summed E-state index contributed by atoms with van der Waals surface area (Å²) in [5.74, 6) is 0.283. The van der Waals surface area contributed by atoms with Crippen LogP contribution < -0.4 is 0 Å². The van der Waals surface area contributed by atoms with Gasteiger partial charge < -0.3 is 9.84 Å². The van der Waals surface area contributed by atoms with Crippen LogP contribution in [0.3, 0.4) is 0 Å². The highest BCUT2D eigenvalue weighted by Gasteiger charge is 2.39. The van der Waals surface area contributed by atoms with E-state index in [1.54, 1.807) is 6.07 Å². The van der Waals surface area contributed by atoms with Crippen LogP contribution in [0, 0.1) is 0 Å². The molecule has 1 fully saturated rings. The molecule has 0 bridgehead atoms. The van der Waals surface area contributed by atoms with Crippen LogP contribution in [-0.4, -0.2) is 23.1 Å². The van der Waals surface area contributed by atoms with Gasteiger partial charge in [0, 0.05) is 11.6 Å². The molecule has 0 aliphatic carbocycles. The number of rotatable bonds is 2. The topological polar surface area (TPSA) is 32.7 Å². The van der Waals surface area contributed by atoms with Gasteiger partial charge in [-0.25, -0.2) is 0 Å². The van der Waals surface area contributed by atoms with E-state index in [0.29, 0.717) is 0 Å². The Morgan fingerprint density at radius 3 is 2.35 bits per heavy atom. The summed E-state index contributed by atoms with van der Waals surface area (Å²) < 4.78 is 6.20. The average molecular weight is 269 g/mol. The van der Waals surface area contributed by atoms with E-state index in [2.05, 4.69) is 24.0 Å². The minimum absolute atomic E-state index is 0.0193. The Morgan fingerprint density at radius 2 is 1.65 bits per heavy atom. The third kappa shape index (κ3) is 2.19. The Balaban J connectivity index is 1.91. The third-order valence-corrected chi connectivity index (χ3v) is 4.06. The second kappa shape index (κ2) is 5.27. The van der Waals surface area contributed by atoms with Gasteiger partial charge in [0.1, 0.15) is 18.1 Å². The van der Waals surface area contributed by atoms with Crippen molar-refractivity contribution in [2.24, 2.45) is 0 Å². The molecule has 20 heavy (non-hydrogen) atoms. The maximum Gasteiger partial charge on any atom is 0.141 e. The van der Waals surface area contributed by atoms with Gasteiger partial charge in [-0.3, -0.25) is 4.90 Å². The fourth-order valence-electron chi connectivity index (χ4n) is 2.76. The maximum absolute atomic E-state index is 10.0. The van der Waals surface area contributed by atoms with Gasteiger partial charge in [-0.15, -0.1) is 0 Å². The molecule has 2 aromatic carbocycles. The largest absolute Gasteiger partial charge is 0.508 e. The summed E-state index contributed by atoms with van der Waals surface area (Å²) in [7, 11) is 2.03. The summed E-state index contributed by atoms with van der Waals surface area (Å²) in [6.45, 7) is 2.15. The van der Waals surface area contributed by atoms with Crippen LogP contribution in [0.5, 0.6) is 5.75 Å². The standard InChI is InChI=1S/C17H19NO2/c1-12-16(13-8-4-3-5-9-13)20-17(18(12)2)14-10-6-7-11-15(14)19/h3-12,16-17,19H,1-2H3/t12-,16-,17-/m0/s1. The van der Waals surface area contributed by atoms with Gasteiger partial charge in [-0.2, -0.15) is 0 Å². The van der Waals surface area contributed by atoms with Gasteiger partial charge in [0.05, 0.1) is 0 Å². The van der Waals surface area contributed by atoms with Gasteiger partial charge in [0.2, 0.25) is 0 Å². The quantitative estimate of drug-likeness (QED) is 0.906. The van der Waals surface area contributed by atoms with Crippen LogP contribution in [-0.2, 0) is 4.74 Å². The number of phenols is 1. The molecule has 104 valence electrons. The van der Waals surface area contributed by atoms with Crippen molar-refractivity contribution in [1.29, 1.82) is 0 Å². The van der Waals surface area contributed by atoms with Crippen molar-refractivity contribution in [1.82, 2.24) is 4.90 Å². The molecule has 0 amide bonds. The molecular formula is C17H19NO2. The van der Waals surface area contributed by atoms with Crippen LogP contribution in [0.2, 0.25) is 0 Å². The molecule has 0 aromatic heterocycles. The zero-order valence-corrected chi connectivity index (χ0v) is 11.7. The van der Waals surface area contributed by atoms with E-state index in [1.807, 2.05) is 43.4 Å². The van der Waals surface area contributed by atoms with Crippen LogP contribution >= 0.6 is 0 Å². The number of hydrogen-bond donors (Lipinski definition) is 1. The first-order chi connectivity index (χ1) is 9.68. The second-order valence-electron chi connectivity index (χ2n) is 5.28. The predicted octanol–water partition coefficient (Wildman–Crippen LogP) is 3.48. The second-order valence-corrected chi connectivity index (χ2v) is 5.28. The summed E-state index contributed by atoms with van der Waals surface area (Å²) in [5, 5.41) is 10.0. The SMILES string of the molecule is C[C@H]1[C@@H](c2ccccc2)O[C@@H](c2ccccc2O)N1C. The lowest BCUT2D eigenvalue weighted by atomic mass is 10.0. The van der Waals surface area contributed by atoms with Crippen molar-refractivity contribution in [2.45, 2.75) is 25.3 Å². The molecule has 1 N–H and O–H groups in total. The van der Waals surface area contributed by atoms with Crippen LogP contribution in [0.25, 0.3) is 0 Å². The zero-order chi connectivity index (χ0) is 14.1. The number of hydrogen-bond acceptors (Lipinski definition) is 3. The molecule has 1 saturated heterocycles. The molecule has 1 aliphatic heterocycles. The molecule has 0 spiro atoms. The Kier molecular flexibility index (Phi) is 3.47. The van der Waals surface area contributed by atoms with Gasteiger partial charge in [-0.1, -0.05) is 48.5 Å². The summed E-state index contributed by atoms with van der Waals surface area (Å²) in [5.41, 5.74) is 1.99. The zero-order valence-electron chi connectivity index (χ0n) is 11.7. The Bertz CT molecular complexity index is 585. The van der Waals surface area contributed by atoms with Crippen molar-refractivity contribution >= 4 is 0 Å². The van der Waals surface area contributed by atoms with Gasteiger partial charge in [-0.05, 0) is 25.6 Å². The lowest BCUT2D eigenvalue weighted by molar-refractivity contribution is 0.00418. The molecule has 2 aromatic rings. The molecule has 3 rings (SSSR count). The lowest BCUT2D eigenvalue weighted by Gasteiger charge is -2.21. The van der Waals surface area contributed by atoms with E-state index >= 15 is 0 Å². The molecule has 3 atom stereocenters. The van der Waals surface area contributed by atoms with E-state index in [4.69, 9.17) is 4.74 Å². The molecule has 1 heterocycles. The third-order valence-electron chi connectivity index (χ3n) is 4.06. The molecule has 0 saturated carbocycles. The first-order valence-electron chi connectivity index (χ1n) is 6.88. The summed E-state index contributed by atoms with van der Waals surface area (Å²) in [6.07, 6.45) is -0.192. The minimum Gasteiger partial charge on any atom is -0.508 e. The maximum atomic E-state index is 10.0. The van der Waals surface area contributed by atoms with E-state index in [1.165, 1.54) is 5.56 Å². The monoisotopic (exact) mass is 269 g/mol. The van der Waals surface area contributed by atoms with Crippen molar-refractivity contribution in [2.75, 3.05) is 7.05 Å². The average Bonchev–Trinajstić information content (AvgIpc) is 2.77. The van der Waals surface area contributed by atoms with Crippen molar-refractivity contribution in [3.05, 3.63) is 65.7 Å². The molecule has 3 heteroatoms. The normalized spacial score (nSPS) is 26.8. The van der Waals surface area contributed by atoms with Crippen molar-refractivity contribution in [3.63, 3.8) is 0 Å². The van der Waals surface area contributed by atoms with E-state index in [0.717, 1.165) is 5.56 Å². The summed E-state index contributed by atoms with van der Waals surface area (Å²) >= 11 is 0. The summed E-state index contributed by atoms with van der Waals surface area (Å²) in [6, 6.07) is 17.8. The first kappa shape index (κ1) is 13.2. The number of phenolic OH excluding ortho intramolecular Hbond substituents is 1. The van der Waals surface area contributed by atoms with E-state index < -0.39 is 0 Å². The number of aromatic hydroxyl groups is 1. The fourth-order valence-corrected chi connectivity index (χ4v) is 2.76. The van der Waals surface area contributed by atoms with E-state index in [9.17, 15) is 5.11 Å². The smallest absolute Gasteiger partial charge is 0.141 e. The minimum atomic E-state index is -0.212. The molecule has 0 unspecified atom stereocenters. The van der Waals surface area contributed by atoms with Gasteiger partial charge >= 0.3 is 0 Å². The van der Waals surface area contributed by atoms with Crippen molar-refractivity contribution in [3.8, 4) is 5.75 Å². The van der Waals surface area contributed by atoms with Crippen LogP contribution in [0.1, 0.15) is 30.4 Å². The number of ether oxygens (including phenoxy) is 1. The highest BCUT2D eigenvalue weighted by molar-refractivity contribution is 5.34. The predicted molar refractivity (Wildman–Crippen MR) is 78.3 cm³/mol. The molecule has 1 aliphatic rings. The van der Waals surface area contributed by atoms with E-state index in [-0.39, 0.29) is 24.1 Å². The Hall–Kier alpha value is -1.84. The van der Waals surface area contributed by atoms with Crippen molar-refractivity contribution < 1.29 is 9.84 Å². The lowest BCUT2D eigenvalue weighted by Crippen LogP contribution is -2.27. The summed E-state index contributed by atoms with van der Waals surface area (Å²) in [4.78, 5) is 2.16. The van der Waals surface area contributed by atoms with Gasteiger partial charge in [0.25, 0.3) is 0 Å². The number of nitrogens with zero attached hydrogens (tertiary/aromatic N) is 1. The van der Waals surface area contributed by atoms with Crippen LogP contribution in [0.15, 0.2) is 54.6 Å². The first-order valence-corrected chi connectivity index (χ1v) is 6.88. The number of likely N-dealkylation sites (N-methyl/N-ethyl adjacent to an activating group) is 1. The van der Waals surface area contributed by atoms with Crippen LogP contribution in [0.4, 0.5) is 0 Å². The molecular weight excluding hydrogens is 250 g/mol. The Labute approximate surface area is 119 Å². The van der Waals surface area contributed by atoms with Gasteiger partial charge in [0.15, 0.2) is 0 Å². The number of benzene rings is 2. The molecule has 3 nitrogen and oxygen atoms in total. The highest BCUT2D eigenvalue weighted by Crippen LogP contribution is 2.43. The highest BCUT2D eigenvalue weighted by atomic mass is 16.5. The fraction of sp³-hybridized carbons (Fsp3) is 0.294. The Morgan fingerprint density at radius 1 is 1.00 bits per heavy atom. The molecule has 0 radical (unpaired) electrons.